The summed E-state index contributed by atoms with van der Waals surface area (Å²) in [6.07, 6.45) is 3.18. The minimum absolute atomic E-state index is 0.102. The van der Waals surface area contributed by atoms with Gasteiger partial charge in [0.1, 0.15) is 0 Å². The van der Waals surface area contributed by atoms with E-state index in [9.17, 15) is 13.2 Å². The van der Waals surface area contributed by atoms with Crippen molar-refractivity contribution in [3.05, 3.63) is 29.8 Å². The van der Waals surface area contributed by atoms with Crippen LogP contribution in [0.1, 0.15) is 23.2 Å². The summed E-state index contributed by atoms with van der Waals surface area (Å²) in [4.78, 5) is 11.9. The molecule has 1 heterocycles. The van der Waals surface area contributed by atoms with Gasteiger partial charge in [-0.25, -0.2) is 8.42 Å². The Kier molecular flexibility index (Phi) is 4.61. The summed E-state index contributed by atoms with van der Waals surface area (Å²) in [6, 6.07) is 6.28. The second-order valence-electron chi connectivity index (χ2n) is 4.80. The number of nitrogens with one attached hydrogen (secondary N) is 2. The fraction of sp³-hybridized carbons (Fsp3) is 0.462. The highest BCUT2D eigenvalue weighted by Gasteiger charge is 2.16. The molecular weight excluding hydrogens is 280 g/mol. The quantitative estimate of drug-likeness (QED) is 0.848. The molecule has 0 aromatic heterocycles. The number of sulfonamides is 1. The number of ether oxygens (including phenoxy) is 1. The summed E-state index contributed by atoms with van der Waals surface area (Å²) in [7, 11) is -3.30. The molecule has 0 spiro atoms. The van der Waals surface area contributed by atoms with Gasteiger partial charge >= 0.3 is 0 Å². The first-order chi connectivity index (χ1) is 9.44. The minimum atomic E-state index is -3.30. The van der Waals surface area contributed by atoms with Gasteiger partial charge in [-0.05, 0) is 37.1 Å². The van der Waals surface area contributed by atoms with Crippen molar-refractivity contribution in [2.75, 3.05) is 24.1 Å². The summed E-state index contributed by atoms with van der Waals surface area (Å²) < 4.78 is 29.9. The van der Waals surface area contributed by atoms with Crippen molar-refractivity contribution in [2.45, 2.75) is 18.9 Å². The standard InChI is InChI=1S/C13H18N2O4S/c1-20(17,18)15-11-6-4-10(5-7-11)13(16)14-9-12-3-2-8-19-12/h4-7,12,15H,2-3,8-9H2,1H3,(H,14,16). The van der Waals surface area contributed by atoms with Gasteiger partial charge in [-0.15, -0.1) is 0 Å². The molecule has 1 saturated heterocycles. The van der Waals surface area contributed by atoms with Crippen molar-refractivity contribution in [3.63, 3.8) is 0 Å². The maximum absolute atomic E-state index is 11.9. The van der Waals surface area contributed by atoms with Crippen molar-refractivity contribution in [3.8, 4) is 0 Å². The van der Waals surface area contributed by atoms with E-state index in [0.29, 0.717) is 17.8 Å². The second kappa shape index (κ2) is 6.23. The highest BCUT2D eigenvalue weighted by molar-refractivity contribution is 7.92. The summed E-state index contributed by atoms with van der Waals surface area (Å²) in [5, 5.41) is 2.81. The van der Waals surface area contributed by atoms with E-state index in [1.807, 2.05) is 0 Å². The molecule has 20 heavy (non-hydrogen) atoms. The van der Waals surface area contributed by atoms with Crippen molar-refractivity contribution in [1.82, 2.24) is 5.32 Å². The third-order valence-corrected chi connectivity index (χ3v) is 3.57. The third kappa shape index (κ3) is 4.50. The second-order valence-corrected chi connectivity index (χ2v) is 6.55. The number of benzene rings is 1. The van der Waals surface area contributed by atoms with Crippen LogP contribution < -0.4 is 10.0 Å². The number of carbonyl (C=O) groups excluding carboxylic acids is 1. The number of anilines is 1. The lowest BCUT2D eigenvalue weighted by molar-refractivity contribution is 0.0858. The van der Waals surface area contributed by atoms with Crippen LogP contribution in [0.2, 0.25) is 0 Å². The van der Waals surface area contributed by atoms with Crippen LogP contribution in [0, 0.1) is 0 Å². The van der Waals surface area contributed by atoms with Crippen LogP contribution in [0.25, 0.3) is 0 Å². The van der Waals surface area contributed by atoms with Gasteiger partial charge in [-0.3, -0.25) is 9.52 Å². The van der Waals surface area contributed by atoms with Gasteiger partial charge in [0.05, 0.1) is 12.4 Å². The van der Waals surface area contributed by atoms with Crippen LogP contribution in [-0.2, 0) is 14.8 Å². The van der Waals surface area contributed by atoms with Crippen molar-refractivity contribution >= 4 is 21.6 Å². The Labute approximate surface area is 118 Å². The maximum atomic E-state index is 11.9. The average molecular weight is 298 g/mol. The van der Waals surface area contributed by atoms with E-state index >= 15 is 0 Å². The van der Waals surface area contributed by atoms with Gasteiger partial charge in [-0.1, -0.05) is 0 Å². The summed E-state index contributed by atoms with van der Waals surface area (Å²) in [5.41, 5.74) is 0.922. The van der Waals surface area contributed by atoms with Crippen LogP contribution in [0.3, 0.4) is 0 Å². The van der Waals surface area contributed by atoms with Crippen LogP contribution in [-0.4, -0.2) is 39.8 Å². The Bertz CT molecular complexity index is 563. The van der Waals surface area contributed by atoms with E-state index in [1.54, 1.807) is 24.3 Å². The Morgan fingerprint density at radius 2 is 2.05 bits per heavy atom. The van der Waals surface area contributed by atoms with E-state index in [4.69, 9.17) is 4.74 Å². The Balaban J connectivity index is 1.90. The normalized spacial score (nSPS) is 18.8. The van der Waals surface area contributed by atoms with E-state index < -0.39 is 10.0 Å². The molecule has 2 N–H and O–H groups in total. The molecule has 0 saturated carbocycles. The number of amides is 1. The monoisotopic (exact) mass is 298 g/mol. The molecule has 1 aliphatic rings. The minimum Gasteiger partial charge on any atom is -0.376 e. The fourth-order valence-electron chi connectivity index (χ4n) is 2.02. The Morgan fingerprint density at radius 1 is 1.35 bits per heavy atom. The van der Waals surface area contributed by atoms with Gasteiger partial charge in [0.25, 0.3) is 5.91 Å². The summed E-state index contributed by atoms with van der Waals surface area (Å²) >= 11 is 0. The molecule has 1 amide bonds. The molecule has 1 unspecified atom stereocenters. The first kappa shape index (κ1) is 14.8. The summed E-state index contributed by atoms with van der Waals surface area (Å²) in [6.45, 7) is 1.26. The van der Waals surface area contributed by atoms with Gasteiger partial charge in [0.2, 0.25) is 10.0 Å². The maximum Gasteiger partial charge on any atom is 0.251 e. The number of rotatable bonds is 5. The lowest BCUT2D eigenvalue weighted by atomic mass is 10.2. The fourth-order valence-corrected chi connectivity index (χ4v) is 2.58. The lowest BCUT2D eigenvalue weighted by Gasteiger charge is -2.11. The first-order valence-corrected chi connectivity index (χ1v) is 8.31. The largest absolute Gasteiger partial charge is 0.376 e. The topological polar surface area (TPSA) is 84.5 Å². The van der Waals surface area contributed by atoms with E-state index in [2.05, 4.69) is 10.0 Å². The Morgan fingerprint density at radius 3 is 2.60 bits per heavy atom. The van der Waals surface area contributed by atoms with Gasteiger partial charge in [0, 0.05) is 24.4 Å². The van der Waals surface area contributed by atoms with Crippen LogP contribution in [0.5, 0.6) is 0 Å². The molecule has 0 bridgehead atoms. The van der Waals surface area contributed by atoms with Crippen molar-refractivity contribution < 1.29 is 17.9 Å². The zero-order chi connectivity index (χ0) is 14.6. The molecule has 1 aliphatic heterocycles. The predicted octanol–water partition coefficient (Wildman–Crippen LogP) is 0.967. The van der Waals surface area contributed by atoms with Crippen molar-refractivity contribution in [1.29, 1.82) is 0 Å². The molecule has 6 nitrogen and oxygen atoms in total. The number of carbonyl (C=O) groups is 1. The smallest absolute Gasteiger partial charge is 0.251 e. The molecular formula is C13H18N2O4S. The molecule has 110 valence electrons. The molecule has 1 aromatic rings. The van der Waals surface area contributed by atoms with Gasteiger partial charge < -0.3 is 10.1 Å². The van der Waals surface area contributed by atoms with Crippen LogP contribution in [0.15, 0.2) is 24.3 Å². The highest BCUT2D eigenvalue weighted by Crippen LogP contribution is 2.12. The molecule has 1 aromatic carbocycles. The van der Waals surface area contributed by atoms with E-state index in [-0.39, 0.29) is 12.0 Å². The Hall–Kier alpha value is -1.60. The molecule has 0 radical (unpaired) electrons. The predicted molar refractivity (Wildman–Crippen MR) is 76.2 cm³/mol. The zero-order valence-electron chi connectivity index (χ0n) is 11.3. The molecule has 1 fully saturated rings. The lowest BCUT2D eigenvalue weighted by Crippen LogP contribution is -2.31. The van der Waals surface area contributed by atoms with Crippen molar-refractivity contribution in [2.24, 2.45) is 0 Å². The molecule has 1 atom stereocenters. The zero-order valence-corrected chi connectivity index (χ0v) is 12.1. The van der Waals surface area contributed by atoms with E-state index in [1.165, 1.54) is 0 Å². The van der Waals surface area contributed by atoms with Gasteiger partial charge in [-0.2, -0.15) is 0 Å². The van der Waals surface area contributed by atoms with Gasteiger partial charge in [0.15, 0.2) is 0 Å². The highest BCUT2D eigenvalue weighted by atomic mass is 32.2. The molecule has 2 rings (SSSR count). The number of hydrogen-bond donors (Lipinski definition) is 2. The third-order valence-electron chi connectivity index (χ3n) is 2.96. The summed E-state index contributed by atoms with van der Waals surface area (Å²) in [5.74, 6) is -0.189. The SMILES string of the molecule is CS(=O)(=O)Nc1ccc(C(=O)NCC2CCCO2)cc1. The first-order valence-electron chi connectivity index (χ1n) is 6.42. The van der Waals surface area contributed by atoms with Crippen LogP contribution >= 0.6 is 0 Å². The average Bonchev–Trinajstić information content (AvgIpc) is 2.88. The molecule has 0 aliphatic carbocycles. The van der Waals surface area contributed by atoms with E-state index in [0.717, 1.165) is 25.7 Å². The van der Waals surface area contributed by atoms with Crippen LogP contribution in [0.4, 0.5) is 5.69 Å². The number of hydrogen-bond acceptors (Lipinski definition) is 4. The molecule has 7 heteroatoms.